The number of rotatable bonds is 7. The van der Waals surface area contributed by atoms with Crippen molar-refractivity contribution in [3.05, 3.63) is 53.7 Å². The van der Waals surface area contributed by atoms with Crippen LogP contribution in [0.1, 0.15) is 0 Å². The van der Waals surface area contributed by atoms with E-state index in [1.165, 1.54) is 44.6 Å². The number of nitriles is 3. The van der Waals surface area contributed by atoms with Gasteiger partial charge in [-0.25, -0.2) is 8.42 Å². The van der Waals surface area contributed by atoms with Crippen LogP contribution in [0.25, 0.3) is 0 Å². The quantitative estimate of drug-likeness (QED) is 0.663. The van der Waals surface area contributed by atoms with Gasteiger partial charge in [-0.2, -0.15) is 15.8 Å². The Bertz CT molecular complexity index is 1150. The number of hydrogen-bond acceptors (Lipinski definition) is 8. The van der Waals surface area contributed by atoms with Gasteiger partial charge in [0.25, 0.3) is 10.0 Å². The highest BCUT2D eigenvalue weighted by atomic mass is 32.2. The van der Waals surface area contributed by atoms with Gasteiger partial charge in [0.1, 0.15) is 35.4 Å². The van der Waals surface area contributed by atoms with Gasteiger partial charge in [-0.05, 0) is 36.4 Å². The lowest BCUT2D eigenvalue weighted by Crippen LogP contribution is -2.14. The number of allylic oxidation sites excluding steroid dienone is 2. The molecule has 0 saturated carbocycles. The zero-order chi connectivity index (χ0) is 21.4. The molecule has 0 bridgehead atoms. The molecular formula is C19H15N5O4S. The topological polar surface area (TPSA) is 148 Å². The van der Waals surface area contributed by atoms with Crippen LogP contribution in [0.2, 0.25) is 0 Å². The van der Waals surface area contributed by atoms with Crippen molar-refractivity contribution in [3.8, 4) is 29.7 Å². The van der Waals surface area contributed by atoms with E-state index in [-0.39, 0.29) is 21.9 Å². The molecule has 2 rings (SSSR count). The van der Waals surface area contributed by atoms with Crippen molar-refractivity contribution in [3.63, 3.8) is 0 Å². The zero-order valence-electron chi connectivity index (χ0n) is 15.4. The number of hydrogen-bond donors (Lipinski definition) is 2. The number of ether oxygens (including phenoxy) is 2. The molecule has 2 aromatic rings. The molecule has 0 aliphatic rings. The molecule has 0 radical (unpaired) electrons. The summed E-state index contributed by atoms with van der Waals surface area (Å²) < 4.78 is 38.1. The first kappa shape index (κ1) is 21.1. The number of methoxy groups -OCH3 is 2. The van der Waals surface area contributed by atoms with Crippen LogP contribution in [-0.4, -0.2) is 22.6 Å². The Labute approximate surface area is 168 Å². The summed E-state index contributed by atoms with van der Waals surface area (Å²) in [5, 5.41) is 29.4. The van der Waals surface area contributed by atoms with Crippen molar-refractivity contribution in [1.29, 1.82) is 15.8 Å². The molecule has 0 heterocycles. The monoisotopic (exact) mass is 409 g/mol. The van der Waals surface area contributed by atoms with E-state index in [2.05, 4.69) is 10.0 Å². The van der Waals surface area contributed by atoms with Gasteiger partial charge >= 0.3 is 0 Å². The van der Waals surface area contributed by atoms with Crippen molar-refractivity contribution >= 4 is 21.4 Å². The van der Waals surface area contributed by atoms with Crippen LogP contribution in [0.15, 0.2) is 58.6 Å². The lowest BCUT2D eigenvalue weighted by atomic mass is 10.2. The summed E-state index contributed by atoms with van der Waals surface area (Å²) in [6, 6.07) is 15.1. The summed E-state index contributed by atoms with van der Waals surface area (Å²) in [5.41, 5.74) is -0.0697. The first-order chi connectivity index (χ1) is 13.9. The molecule has 29 heavy (non-hydrogen) atoms. The van der Waals surface area contributed by atoms with Crippen LogP contribution in [0.4, 0.5) is 11.4 Å². The van der Waals surface area contributed by atoms with Gasteiger partial charge in [0.05, 0.1) is 24.8 Å². The van der Waals surface area contributed by atoms with Crippen molar-refractivity contribution in [1.82, 2.24) is 0 Å². The minimum Gasteiger partial charge on any atom is -0.497 e. The number of sulfonamides is 1. The van der Waals surface area contributed by atoms with Crippen molar-refractivity contribution < 1.29 is 17.9 Å². The molecule has 10 heteroatoms. The normalized spacial score (nSPS) is 9.90. The van der Waals surface area contributed by atoms with Gasteiger partial charge < -0.3 is 14.8 Å². The molecule has 0 saturated heterocycles. The maximum Gasteiger partial charge on any atom is 0.262 e. The fourth-order valence-electron chi connectivity index (χ4n) is 2.24. The van der Waals surface area contributed by atoms with Crippen molar-refractivity contribution in [2.45, 2.75) is 4.90 Å². The Hall–Kier alpha value is -4.20. The van der Waals surface area contributed by atoms with E-state index in [0.29, 0.717) is 17.2 Å². The summed E-state index contributed by atoms with van der Waals surface area (Å²) in [6.45, 7) is 0. The molecule has 146 valence electrons. The Kier molecular flexibility index (Phi) is 6.65. The van der Waals surface area contributed by atoms with Gasteiger partial charge in [-0.3, -0.25) is 4.72 Å². The molecule has 0 fully saturated rings. The summed E-state index contributed by atoms with van der Waals surface area (Å²) in [7, 11) is -1.07. The van der Waals surface area contributed by atoms with E-state index >= 15 is 0 Å². The van der Waals surface area contributed by atoms with Gasteiger partial charge in [-0.1, -0.05) is 0 Å². The van der Waals surface area contributed by atoms with Gasteiger partial charge in [-0.15, -0.1) is 0 Å². The predicted octanol–water partition coefficient (Wildman–Crippen LogP) is 2.74. The van der Waals surface area contributed by atoms with Crippen LogP contribution in [0.5, 0.6) is 11.5 Å². The average molecular weight is 409 g/mol. The first-order valence-corrected chi connectivity index (χ1v) is 9.43. The van der Waals surface area contributed by atoms with Gasteiger partial charge in [0, 0.05) is 11.8 Å². The van der Waals surface area contributed by atoms with E-state index < -0.39 is 10.0 Å². The number of benzene rings is 2. The van der Waals surface area contributed by atoms with E-state index in [9.17, 15) is 8.42 Å². The molecule has 0 atom stereocenters. The molecular weight excluding hydrogens is 394 g/mol. The smallest absolute Gasteiger partial charge is 0.262 e. The summed E-state index contributed by atoms with van der Waals surface area (Å²) >= 11 is 0. The highest BCUT2D eigenvalue weighted by Crippen LogP contribution is 2.31. The Balaban J connectivity index is 2.30. The minimum absolute atomic E-state index is 0.0452. The molecule has 2 aromatic carbocycles. The number of nitrogens with zero attached hydrogens (tertiary/aromatic N) is 3. The Morgan fingerprint density at radius 3 is 2.10 bits per heavy atom. The fraction of sp³-hybridized carbons (Fsp3) is 0.105. The largest absolute Gasteiger partial charge is 0.497 e. The molecule has 9 nitrogen and oxygen atoms in total. The third-order valence-electron chi connectivity index (χ3n) is 3.67. The third-order valence-corrected chi connectivity index (χ3v) is 5.05. The summed E-state index contributed by atoms with van der Waals surface area (Å²) in [5.74, 6) is 0.765. The molecule has 0 aliphatic heterocycles. The number of anilines is 2. The molecule has 0 aromatic heterocycles. The maximum absolute atomic E-state index is 12.7. The molecule has 0 spiro atoms. The number of nitrogens with one attached hydrogen (secondary N) is 2. The minimum atomic E-state index is -3.94. The van der Waals surface area contributed by atoms with E-state index in [0.717, 1.165) is 0 Å². The second-order valence-corrected chi connectivity index (χ2v) is 7.09. The maximum atomic E-state index is 12.7. The highest BCUT2D eigenvalue weighted by Gasteiger charge is 2.17. The lowest BCUT2D eigenvalue weighted by Gasteiger charge is -2.13. The lowest BCUT2D eigenvalue weighted by molar-refractivity contribution is 0.405. The standard InChI is InChI=1S/C19H15N5O4S/c1-27-15-5-8-19(28-2)17(9-15)24-29(25,26)16-6-3-14(4-7-16)23-18(12-22)13(10-20)11-21/h3-9,23-24H,1-2H3. The van der Waals surface area contributed by atoms with E-state index in [1.54, 1.807) is 30.3 Å². The van der Waals surface area contributed by atoms with Crippen molar-refractivity contribution in [2.24, 2.45) is 0 Å². The molecule has 0 amide bonds. The second-order valence-electron chi connectivity index (χ2n) is 5.41. The third kappa shape index (κ3) is 4.95. The predicted molar refractivity (Wildman–Crippen MR) is 104 cm³/mol. The van der Waals surface area contributed by atoms with Crippen LogP contribution < -0.4 is 19.5 Å². The fourth-order valence-corrected chi connectivity index (χ4v) is 3.30. The van der Waals surface area contributed by atoms with Gasteiger partial charge in [0.2, 0.25) is 0 Å². The SMILES string of the molecule is COc1ccc(OC)c(NS(=O)(=O)c2ccc(NC(C#N)=C(C#N)C#N)cc2)c1. The zero-order valence-corrected chi connectivity index (χ0v) is 16.2. The average Bonchev–Trinajstić information content (AvgIpc) is 2.73. The van der Waals surface area contributed by atoms with Crippen LogP contribution in [0.3, 0.4) is 0 Å². The summed E-state index contributed by atoms with van der Waals surface area (Å²) in [6.07, 6.45) is 0. The van der Waals surface area contributed by atoms with Crippen molar-refractivity contribution in [2.75, 3.05) is 24.3 Å². The highest BCUT2D eigenvalue weighted by molar-refractivity contribution is 7.92. The first-order valence-electron chi connectivity index (χ1n) is 7.95. The van der Waals surface area contributed by atoms with E-state index in [1.807, 2.05) is 0 Å². The molecule has 2 N–H and O–H groups in total. The van der Waals surface area contributed by atoms with E-state index in [4.69, 9.17) is 25.3 Å². The van der Waals surface area contributed by atoms with Crippen LogP contribution in [-0.2, 0) is 10.0 Å². The Morgan fingerprint density at radius 1 is 0.931 bits per heavy atom. The second kappa shape index (κ2) is 9.14. The van der Waals surface area contributed by atoms with Crippen LogP contribution in [0, 0.1) is 34.0 Å². The Morgan fingerprint density at radius 2 is 1.59 bits per heavy atom. The summed E-state index contributed by atoms with van der Waals surface area (Å²) in [4.78, 5) is -0.0452. The molecule has 0 unspecified atom stereocenters. The van der Waals surface area contributed by atoms with Crippen LogP contribution >= 0.6 is 0 Å². The molecule has 0 aliphatic carbocycles. The van der Waals surface area contributed by atoms with Gasteiger partial charge in [0.15, 0.2) is 5.57 Å².